The first-order chi connectivity index (χ1) is 7.06. The third-order valence-electron chi connectivity index (χ3n) is 2.19. The van der Waals surface area contributed by atoms with Crippen molar-refractivity contribution >= 4 is 0 Å². The zero-order chi connectivity index (χ0) is 11.0. The van der Waals surface area contributed by atoms with E-state index in [2.05, 4.69) is 20.2 Å². The highest BCUT2D eigenvalue weighted by atomic mass is 15.5. The van der Waals surface area contributed by atoms with Crippen molar-refractivity contribution in [1.29, 1.82) is 0 Å². The number of aryl methyl sites for hydroxylation is 4. The highest BCUT2D eigenvalue weighted by molar-refractivity contribution is 4.91. The lowest BCUT2D eigenvalue weighted by Gasteiger charge is -2.03. The fourth-order valence-electron chi connectivity index (χ4n) is 1.52. The molecule has 0 saturated heterocycles. The Balaban J connectivity index is 2.29. The topological polar surface area (TPSA) is 61.4 Å². The van der Waals surface area contributed by atoms with Gasteiger partial charge < -0.3 is 0 Å². The molecule has 2 rings (SSSR count). The molecule has 0 spiro atoms. The summed E-state index contributed by atoms with van der Waals surface area (Å²) in [6.45, 7) is 8.18. The molecule has 0 fully saturated rings. The van der Waals surface area contributed by atoms with Crippen molar-refractivity contribution in [3.63, 3.8) is 0 Å². The Kier molecular flexibility index (Phi) is 2.26. The number of hydrogen-bond acceptors (Lipinski definition) is 4. The molecule has 0 amide bonds. The molecule has 2 aromatic heterocycles. The van der Waals surface area contributed by atoms with Crippen molar-refractivity contribution in [1.82, 2.24) is 29.5 Å². The predicted octanol–water partition coefficient (Wildman–Crippen LogP) is 0.609. The molecule has 0 aliphatic carbocycles. The van der Waals surface area contributed by atoms with Crippen LogP contribution in [0.4, 0.5) is 0 Å². The summed E-state index contributed by atoms with van der Waals surface area (Å²) < 4.78 is 3.63. The van der Waals surface area contributed by atoms with Gasteiger partial charge in [0.05, 0.1) is 0 Å². The molecule has 0 saturated carbocycles. The zero-order valence-corrected chi connectivity index (χ0v) is 9.39. The van der Waals surface area contributed by atoms with Crippen LogP contribution in [-0.4, -0.2) is 29.5 Å². The van der Waals surface area contributed by atoms with E-state index >= 15 is 0 Å². The van der Waals surface area contributed by atoms with Crippen LogP contribution in [0.5, 0.6) is 0 Å². The Morgan fingerprint density at radius 1 is 0.800 bits per heavy atom. The molecular formula is C9H14N6. The van der Waals surface area contributed by atoms with Gasteiger partial charge in [-0.3, -0.25) is 0 Å². The Bertz CT molecular complexity index is 437. The molecule has 2 heterocycles. The largest absolute Gasteiger partial charge is 0.228 e. The van der Waals surface area contributed by atoms with E-state index in [4.69, 9.17) is 0 Å². The summed E-state index contributed by atoms with van der Waals surface area (Å²) in [6, 6.07) is 0. The van der Waals surface area contributed by atoms with Gasteiger partial charge in [0.1, 0.15) is 30.0 Å². The van der Waals surface area contributed by atoms with Crippen LogP contribution in [0, 0.1) is 27.7 Å². The van der Waals surface area contributed by atoms with Crippen LogP contribution >= 0.6 is 0 Å². The van der Waals surface area contributed by atoms with Crippen molar-refractivity contribution in [3.8, 4) is 0 Å². The average molecular weight is 206 g/mol. The van der Waals surface area contributed by atoms with Gasteiger partial charge in [-0.2, -0.15) is 10.2 Å². The van der Waals surface area contributed by atoms with E-state index in [-0.39, 0.29) is 0 Å². The maximum absolute atomic E-state index is 4.27. The van der Waals surface area contributed by atoms with Gasteiger partial charge in [-0.15, -0.1) is 0 Å². The van der Waals surface area contributed by atoms with Crippen LogP contribution in [0.25, 0.3) is 0 Å². The molecule has 0 N–H and O–H groups in total. The molecule has 6 heteroatoms. The second-order valence-electron chi connectivity index (χ2n) is 3.55. The highest BCUT2D eigenvalue weighted by Crippen LogP contribution is 2.00. The SMILES string of the molecule is Cc1nc(C)n(Cn2nc(C)nc2C)n1. The summed E-state index contributed by atoms with van der Waals surface area (Å²) in [7, 11) is 0. The quantitative estimate of drug-likeness (QED) is 0.722. The number of rotatable bonds is 2. The summed E-state index contributed by atoms with van der Waals surface area (Å²) in [5, 5.41) is 8.55. The minimum atomic E-state index is 0.569. The Morgan fingerprint density at radius 3 is 1.47 bits per heavy atom. The van der Waals surface area contributed by atoms with Gasteiger partial charge in [0.15, 0.2) is 0 Å². The lowest BCUT2D eigenvalue weighted by atomic mass is 10.6. The highest BCUT2D eigenvalue weighted by Gasteiger charge is 2.06. The smallest absolute Gasteiger partial charge is 0.147 e. The van der Waals surface area contributed by atoms with Gasteiger partial charge in [-0.25, -0.2) is 19.3 Å². The van der Waals surface area contributed by atoms with Crippen LogP contribution in [0.15, 0.2) is 0 Å². The predicted molar refractivity (Wildman–Crippen MR) is 54.4 cm³/mol. The molecule has 0 atom stereocenters. The third kappa shape index (κ3) is 1.88. The molecule has 0 aliphatic heterocycles. The van der Waals surface area contributed by atoms with Crippen LogP contribution in [0.2, 0.25) is 0 Å². The summed E-state index contributed by atoms with van der Waals surface area (Å²) in [4.78, 5) is 8.47. The maximum atomic E-state index is 4.27. The van der Waals surface area contributed by atoms with Gasteiger partial charge in [0.25, 0.3) is 0 Å². The lowest BCUT2D eigenvalue weighted by molar-refractivity contribution is 0.478. The Morgan fingerprint density at radius 2 is 1.20 bits per heavy atom. The normalized spacial score (nSPS) is 10.9. The summed E-state index contributed by atoms with van der Waals surface area (Å²) in [5.74, 6) is 3.34. The molecule has 0 aliphatic rings. The number of hydrogen-bond donors (Lipinski definition) is 0. The number of nitrogens with zero attached hydrogens (tertiary/aromatic N) is 6. The first-order valence-corrected chi connectivity index (χ1v) is 4.82. The fourth-order valence-corrected chi connectivity index (χ4v) is 1.52. The van der Waals surface area contributed by atoms with Crippen molar-refractivity contribution in [2.75, 3.05) is 0 Å². The minimum Gasteiger partial charge on any atom is -0.228 e. The number of aromatic nitrogens is 6. The van der Waals surface area contributed by atoms with Crippen LogP contribution < -0.4 is 0 Å². The maximum Gasteiger partial charge on any atom is 0.147 e. The molecule has 0 radical (unpaired) electrons. The second-order valence-corrected chi connectivity index (χ2v) is 3.55. The van der Waals surface area contributed by atoms with Crippen LogP contribution in [0.3, 0.4) is 0 Å². The lowest BCUT2D eigenvalue weighted by Crippen LogP contribution is -2.13. The van der Waals surface area contributed by atoms with Gasteiger partial charge >= 0.3 is 0 Å². The van der Waals surface area contributed by atoms with Crippen molar-refractivity contribution in [2.45, 2.75) is 34.4 Å². The van der Waals surface area contributed by atoms with Crippen LogP contribution in [-0.2, 0) is 6.67 Å². The van der Waals surface area contributed by atoms with Crippen LogP contribution in [0.1, 0.15) is 23.3 Å². The fraction of sp³-hybridized carbons (Fsp3) is 0.556. The van der Waals surface area contributed by atoms with E-state index in [1.807, 2.05) is 37.1 Å². The molecule has 15 heavy (non-hydrogen) atoms. The van der Waals surface area contributed by atoms with E-state index in [0.29, 0.717) is 6.67 Å². The van der Waals surface area contributed by atoms with Crippen molar-refractivity contribution in [3.05, 3.63) is 23.3 Å². The summed E-state index contributed by atoms with van der Waals surface area (Å²) >= 11 is 0. The first kappa shape index (κ1) is 9.82. The van der Waals surface area contributed by atoms with Gasteiger partial charge in [0, 0.05) is 0 Å². The van der Waals surface area contributed by atoms with E-state index in [9.17, 15) is 0 Å². The van der Waals surface area contributed by atoms with E-state index in [1.165, 1.54) is 0 Å². The van der Waals surface area contributed by atoms with E-state index in [0.717, 1.165) is 23.3 Å². The van der Waals surface area contributed by atoms with Crippen molar-refractivity contribution < 1.29 is 0 Å². The third-order valence-corrected chi connectivity index (χ3v) is 2.19. The molecule has 80 valence electrons. The molecular weight excluding hydrogens is 192 g/mol. The van der Waals surface area contributed by atoms with Gasteiger partial charge in [0.2, 0.25) is 0 Å². The standard InChI is InChI=1S/C9H14N6/c1-6-10-8(3)14(12-6)5-15-9(4)11-7(2)13-15/h5H2,1-4H3. The Hall–Kier alpha value is -1.72. The van der Waals surface area contributed by atoms with E-state index < -0.39 is 0 Å². The monoisotopic (exact) mass is 206 g/mol. The molecule has 0 aromatic carbocycles. The summed E-state index contributed by atoms with van der Waals surface area (Å²) in [5.41, 5.74) is 0. The molecule has 0 unspecified atom stereocenters. The molecule has 6 nitrogen and oxygen atoms in total. The first-order valence-electron chi connectivity index (χ1n) is 4.82. The second kappa shape index (κ2) is 3.45. The van der Waals surface area contributed by atoms with Gasteiger partial charge in [-0.05, 0) is 27.7 Å². The summed E-state index contributed by atoms with van der Waals surface area (Å²) in [6.07, 6.45) is 0. The van der Waals surface area contributed by atoms with E-state index in [1.54, 1.807) is 0 Å². The molecule has 2 aromatic rings. The average Bonchev–Trinajstić information content (AvgIpc) is 2.58. The zero-order valence-electron chi connectivity index (χ0n) is 9.39. The molecule has 0 bridgehead atoms. The van der Waals surface area contributed by atoms with Gasteiger partial charge in [-0.1, -0.05) is 0 Å². The minimum absolute atomic E-state index is 0.569. The van der Waals surface area contributed by atoms with Crippen molar-refractivity contribution in [2.24, 2.45) is 0 Å². The Labute approximate surface area is 88.0 Å².